The van der Waals surface area contributed by atoms with Crippen molar-refractivity contribution in [1.29, 1.82) is 0 Å². The van der Waals surface area contributed by atoms with Crippen molar-refractivity contribution in [3.8, 4) is 11.5 Å². The van der Waals surface area contributed by atoms with Crippen molar-refractivity contribution in [2.45, 2.75) is 26.0 Å². The molecule has 0 heterocycles. The Morgan fingerprint density at radius 3 is 2.15 bits per heavy atom. The summed E-state index contributed by atoms with van der Waals surface area (Å²) in [7, 11) is 6.96. The quantitative estimate of drug-likeness (QED) is 0.822. The Morgan fingerprint density at radius 1 is 1.10 bits per heavy atom. The highest BCUT2D eigenvalue weighted by Crippen LogP contribution is 2.41. The summed E-state index contributed by atoms with van der Waals surface area (Å²) < 4.78 is 17.3. The molecule has 0 aliphatic rings. The molecule has 0 saturated carbocycles. The molecule has 0 aliphatic carbocycles. The number of nitrogens with one attached hydrogen (secondary N) is 1. The maximum atomic E-state index is 5.65. The molecule has 114 valence electrons. The maximum Gasteiger partial charge on any atom is 0.141 e. The van der Waals surface area contributed by atoms with Crippen LogP contribution in [0.5, 0.6) is 11.5 Å². The van der Waals surface area contributed by atoms with Crippen molar-refractivity contribution in [3.63, 3.8) is 0 Å². The Morgan fingerprint density at radius 2 is 1.75 bits per heavy atom. The van der Waals surface area contributed by atoms with Crippen LogP contribution >= 0.6 is 15.9 Å². The molecule has 0 spiro atoms. The molecule has 0 aliphatic heterocycles. The highest BCUT2D eigenvalue weighted by molar-refractivity contribution is 9.10. The lowest BCUT2D eigenvalue weighted by molar-refractivity contribution is 0.0341. The van der Waals surface area contributed by atoms with Crippen LogP contribution in [0.2, 0.25) is 0 Å². The molecule has 0 aromatic heterocycles. The first-order valence-electron chi connectivity index (χ1n) is 6.62. The van der Waals surface area contributed by atoms with E-state index >= 15 is 0 Å². The van der Waals surface area contributed by atoms with E-state index in [0.29, 0.717) is 5.92 Å². The van der Waals surface area contributed by atoms with E-state index in [4.69, 9.17) is 14.2 Å². The first kappa shape index (κ1) is 17.3. The minimum Gasteiger partial charge on any atom is -0.495 e. The zero-order chi connectivity index (χ0) is 15.3. The second-order valence-corrected chi connectivity index (χ2v) is 5.71. The second-order valence-electron chi connectivity index (χ2n) is 4.91. The topological polar surface area (TPSA) is 39.7 Å². The van der Waals surface area contributed by atoms with Crippen molar-refractivity contribution in [1.82, 2.24) is 5.32 Å². The molecule has 1 N–H and O–H groups in total. The van der Waals surface area contributed by atoms with Crippen LogP contribution in [0.3, 0.4) is 0 Å². The van der Waals surface area contributed by atoms with E-state index < -0.39 is 0 Å². The van der Waals surface area contributed by atoms with E-state index in [-0.39, 0.29) is 12.1 Å². The Kier molecular flexibility index (Phi) is 6.79. The van der Waals surface area contributed by atoms with Crippen LogP contribution in [-0.2, 0) is 4.74 Å². The van der Waals surface area contributed by atoms with Crippen molar-refractivity contribution in [3.05, 3.63) is 22.2 Å². The fourth-order valence-electron chi connectivity index (χ4n) is 2.45. The van der Waals surface area contributed by atoms with Gasteiger partial charge in [0.1, 0.15) is 16.0 Å². The largest absolute Gasteiger partial charge is 0.495 e. The lowest BCUT2D eigenvalue weighted by atomic mass is 9.93. The van der Waals surface area contributed by atoms with Gasteiger partial charge >= 0.3 is 0 Å². The predicted molar refractivity (Wildman–Crippen MR) is 84.7 cm³/mol. The predicted octanol–water partition coefficient (Wildman–Crippen LogP) is 3.40. The van der Waals surface area contributed by atoms with Gasteiger partial charge in [-0.25, -0.2) is 0 Å². The van der Waals surface area contributed by atoms with Crippen LogP contribution in [-0.4, -0.2) is 34.5 Å². The van der Waals surface area contributed by atoms with Gasteiger partial charge in [-0.2, -0.15) is 0 Å². The van der Waals surface area contributed by atoms with Gasteiger partial charge in [0.25, 0.3) is 0 Å². The minimum atomic E-state index is 0.0390. The molecule has 0 bridgehead atoms. The van der Waals surface area contributed by atoms with Crippen LogP contribution in [0.15, 0.2) is 16.6 Å². The normalized spacial score (nSPS) is 14.2. The molecular weight excluding hydrogens is 322 g/mol. The minimum absolute atomic E-state index is 0.0390. The van der Waals surface area contributed by atoms with Crippen LogP contribution in [0.1, 0.15) is 25.5 Å². The van der Waals surface area contributed by atoms with Crippen LogP contribution < -0.4 is 14.8 Å². The third-order valence-corrected chi connectivity index (χ3v) is 4.17. The summed E-state index contributed by atoms with van der Waals surface area (Å²) in [5, 5.41) is 3.32. The summed E-state index contributed by atoms with van der Waals surface area (Å²) >= 11 is 3.54. The van der Waals surface area contributed by atoms with E-state index in [9.17, 15) is 0 Å². The number of hydrogen-bond acceptors (Lipinski definition) is 4. The van der Waals surface area contributed by atoms with E-state index in [2.05, 4.69) is 35.1 Å². The number of benzene rings is 1. The molecular formula is C15H24BrNO3. The van der Waals surface area contributed by atoms with E-state index in [1.807, 2.05) is 19.2 Å². The summed E-state index contributed by atoms with van der Waals surface area (Å²) in [5.41, 5.74) is 1.04. The molecule has 1 aromatic carbocycles. The second kappa shape index (κ2) is 7.86. The zero-order valence-electron chi connectivity index (χ0n) is 13.0. The maximum absolute atomic E-state index is 5.65. The van der Waals surface area contributed by atoms with Gasteiger partial charge in [-0.15, -0.1) is 0 Å². The number of halogens is 1. The van der Waals surface area contributed by atoms with E-state index in [1.54, 1.807) is 21.3 Å². The molecule has 4 nitrogen and oxygen atoms in total. The number of hydrogen-bond donors (Lipinski definition) is 1. The average Bonchev–Trinajstić information content (AvgIpc) is 2.43. The monoisotopic (exact) mass is 345 g/mol. The van der Waals surface area contributed by atoms with Gasteiger partial charge in [-0.1, -0.05) is 13.8 Å². The van der Waals surface area contributed by atoms with Gasteiger partial charge in [0.05, 0.1) is 26.4 Å². The van der Waals surface area contributed by atoms with Crippen molar-refractivity contribution in [2.75, 3.05) is 28.4 Å². The number of rotatable bonds is 7. The zero-order valence-corrected chi connectivity index (χ0v) is 14.6. The average molecular weight is 346 g/mol. The van der Waals surface area contributed by atoms with Crippen LogP contribution in [0.25, 0.3) is 0 Å². The van der Waals surface area contributed by atoms with E-state index in [0.717, 1.165) is 21.5 Å². The molecule has 0 amide bonds. The number of likely N-dealkylation sites (N-methyl/N-ethyl adjacent to an activating group) is 1. The lowest BCUT2D eigenvalue weighted by Crippen LogP contribution is -2.35. The summed E-state index contributed by atoms with van der Waals surface area (Å²) in [6.07, 6.45) is 0.0502. The Labute approximate surface area is 129 Å². The third kappa shape index (κ3) is 3.45. The number of ether oxygens (including phenoxy) is 3. The number of methoxy groups -OCH3 is 3. The molecule has 2 unspecified atom stereocenters. The smallest absolute Gasteiger partial charge is 0.141 e. The van der Waals surface area contributed by atoms with E-state index in [1.165, 1.54) is 0 Å². The fourth-order valence-corrected chi connectivity index (χ4v) is 3.14. The molecule has 1 rings (SSSR count). The molecule has 0 radical (unpaired) electrons. The van der Waals surface area contributed by atoms with Gasteiger partial charge in [0, 0.05) is 12.7 Å². The Balaban J connectivity index is 3.31. The molecule has 5 heteroatoms. The van der Waals surface area contributed by atoms with Crippen molar-refractivity contribution < 1.29 is 14.2 Å². The summed E-state index contributed by atoms with van der Waals surface area (Å²) in [6.45, 7) is 4.28. The molecule has 20 heavy (non-hydrogen) atoms. The van der Waals surface area contributed by atoms with Crippen LogP contribution in [0, 0.1) is 5.92 Å². The van der Waals surface area contributed by atoms with Crippen LogP contribution in [0.4, 0.5) is 0 Å². The summed E-state index contributed by atoms with van der Waals surface area (Å²) in [5.74, 6) is 1.90. The highest BCUT2D eigenvalue weighted by atomic mass is 79.9. The molecule has 1 aromatic rings. The first-order chi connectivity index (χ1) is 9.51. The Hall–Kier alpha value is -0.780. The lowest BCUT2D eigenvalue weighted by Gasteiger charge is -2.30. The standard InChI is InChI=1S/C15H24BrNO3/c1-9(2)14(19-5)13(17-3)10-7-8-11(18-4)12(16)15(10)20-6/h7-9,13-14,17H,1-6H3. The van der Waals surface area contributed by atoms with Crippen molar-refractivity contribution >= 4 is 15.9 Å². The molecule has 2 atom stereocenters. The van der Waals surface area contributed by atoms with Gasteiger partial charge in [-0.05, 0) is 41.0 Å². The van der Waals surface area contributed by atoms with Crippen molar-refractivity contribution in [2.24, 2.45) is 5.92 Å². The fraction of sp³-hybridized carbons (Fsp3) is 0.600. The Bertz CT molecular complexity index is 437. The first-order valence-corrected chi connectivity index (χ1v) is 7.41. The summed E-state index contributed by atoms with van der Waals surface area (Å²) in [4.78, 5) is 0. The SMILES string of the molecule is CNC(c1ccc(OC)c(Br)c1OC)C(OC)C(C)C. The van der Waals surface area contributed by atoms with Gasteiger partial charge in [0.2, 0.25) is 0 Å². The molecule has 0 fully saturated rings. The third-order valence-electron chi connectivity index (χ3n) is 3.42. The highest BCUT2D eigenvalue weighted by Gasteiger charge is 2.28. The summed E-state index contributed by atoms with van der Waals surface area (Å²) in [6, 6.07) is 3.98. The van der Waals surface area contributed by atoms with Gasteiger partial charge < -0.3 is 19.5 Å². The van der Waals surface area contributed by atoms with Gasteiger partial charge in [-0.3, -0.25) is 0 Å². The van der Waals surface area contributed by atoms with Gasteiger partial charge in [0.15, 0.2) is 0 Å². The molecule has 0 saturated heterocycles.